The lowest BCUT2D eigenvalue weighted by molar-refractivity contribution is -0.122. The van der Waals surface area contributed by atoms with E-state index in [4.69, 9.17) is 4.74 Å². The topological polar surface area (TPSA) is 70.9 Å². The number of methoxy groups -OCH3 is 1. The van der Waals surface area contributed by atoms with Gasteiger partial charge >= 0.3 is 0 Å². The number of hydrogen-bond acceptors (Lipinski definition) is 4. The van der Waals surface area contributed by atoms with Crippen molar-refractivity contribution in [1.29, 1.82) is 0 Å². The number of nitrogens with zero attached hydrogens (tertiary/aromatic N) is 1. The zero-order valence-electron chi connectivity index (χ0n) is 13.2. The van der Waals surface area contributed by atoms with Crippen LogP contribution in [0.25, 0.3) is 0 Å². The first-order valence-electron chi connectivity index (χ1n) is 7.85. The first kappa shape index (κ1) is 16.3. The quantitative estimate of drug-likeness (QED) is 0.440. The fourth-order valence-corrected chi connectivity index (χ4v) is 2.56. The van der Waals surface area contributed by atoms with Gasteiger partial charge in [0.1, 0.15) is 11.5 Å². The zero-order chi connectivity index (χ0) is 15.9. The molecule has 0 saturated heterocycles. The van der Waals surface area contributed by atoms with E-state index in [9.17, 15) is 9.90 Å². The number of nitrogens with one attached hydrogen (secondary N) is 1. The third-order valence-electron chi connectivity index (χ3n) is 4.05. The standard InChI is InChI=1S/C17H24N2O3/c1-3-4-5-6-12-10-15(12)17(21)19-18-11-13-9-14(22-2)7-8-16(13)20/h7-9,11-12,15,20H,3-6,10H2,1-2H3,(H,19,21)/b18-11+/t12-,15-/m1/s1. The van der Waals surface area contributed by atoms with Crippen LogP contribution in [0.1, 0.15) is 44.6 Å². The first-order valence-corrected chi connectivity index (χ1v) is 7.85. The SMILES string of the molecule is CCCCC[C@@H]1C[C@H]1C(=O)N/N=C/c1cc(OC)ccc1O. The number of phenolic OH excluding ortho intramolecular Hbond substituents is 1. The Morgan fingerprint density at radius 1 is 1.50 bits per heavy atom. The largest absolute Gasteiger partial charge is 0.507 e. The van der Waals surface area contributed by atoms with Gasteiger partial charge in [0.15, 0.2) is 0 Å². The Hall–Kier alpha value is -2.04. The molecule has 22 heavy (non-hydrogen) atoms. The molecule has 1 amide bonds. The van der Waals surface area contributed by atoms with Crippen LogP contribution < -0.4 is 10.2 Å². The minimum absolute atomic E-state index is 0.0277. The molecular formula is C17H24N2O3. The van der Waals surface area contributed by atoms with Crippen molar-refractivity contribution >= 4 is 12.1 Å². The summed E-state index contributed by atoms with van der Waals surface area (Å²) in [5, 5.41) is 13.7. The molecule has 1 aliphatic carbocycles. The van der Waals surface area contributed by atoms with Crippen molar-refractivity contribution in [2.24, 2.45) is 16.9 Å². The Balaban J connectivity index is 1.79. The molecule has 1 aromatic carbocycles. The van der Waals surface area contributed by atoms with Crippen LogP contribution in [0.5, 0.6) is 11.5 Å². The molecule has 0 heterocycles. The molecule has 0 spiro atoms. The molecule has 0 aliphatic heterocycles. The van der Waals surface area contributed by atoms with Crippen molar-refractivity contribution < 1.29 is 14.6 Å². The Morgan fingerprint density at radius 2 is 2.32 bits per heavy atom. The summed E-state index contributed by atoms with van der Waals surface area (Å²) in [6, 6.07) is 4.86. The van der Waals surface area contributed by atoms with Crippen LogP contribution in [0.2, 0.25) is 0 Å². The van der Waals surface area contributed by atoms with Gasteiger partial charge in [-0.3, -0.25) is 4.79 Å². The van der Waals surface area contributed by atoms with E-state index in [2.05, 4.69) is 17.5 Å². The fourth-order valence-electron chi connectivity index (χ4n) is 2.56. The van der Waals surface area contributed by atoms with Gasteiger partial charge in [0.25, 0.3) is 0 Å². The lowest BCUT2D eigenvalue weighted by Crippen LogP contribution is -2.20. The zero-order valence-corrected chi connectivity index (χ0v) is 13.2. The summed E-state index contributed by atoms with van der Waals surface area (Å²) < 4.78 is 5.09. The Labute approximate surface area is 131 Å². The highest BCUT2D eigenvalue weighted by Gasteiger charge is 2.42. The molecule has 2 N–H and O–H groups in total. The van der Waals surface area contributed by atoms with E-state index in [1.807, 2.05) is 0 Å². The van der Waals surface area contributed by atoms with Crippen molar-refractivity contribution in [3.8, 4) is 11.5 Å². The van der Waals surface area contributed by atoms with E-state index >= 15 is 0 Å². The summed E-state index contributed by atoms with van der Waals surface area (Å²) in [6.45, 7) is 2.18. The molecule has 2 atom stereocenters. The number of phenols is 1. The maximum Gasteiger partial charge on any atom is 0.243 e. The van der Waals surface area contributed by atoms with Crippen LogP contribution >= 0.6 is 0 Å². The molecule has 1 aromatic rings. The number of amides is 1. The van der Waals surface area contributed by atoms with E-state index in [-0.39, 0.29) is 17.6 Å². The van der Waals surface area contributed by atoms with Crippen LogP contribution in [0, 0.1) is 11.8 Å². The monoisotopic (exact) mass is 304 g/mol. The summed E-state index contributed by atoms with van der Waals surface area (Å²) in [4.78, 5) is 11.9. The second kappa shape index (κ2) is 7.82. The molecule has 1 saturated carbocycles. The summed E-state index contributed by atoms with van der Waals surface area (Å²) in [5.74, 6) is 1.33. The number of hydrazone groups is 1. The third kappa shape index (κ3) is 4.48. The summed E-state index contributed by atoms with van der Waals surface area (Å²) in [5.41, 5.74) is 3.07. The van der Waals surface area contributed by atoms with Gasteiger partial charge in [0, 0.05) is 11.5 Å². The van der Waals surface area contributed by atoms with Gasteiger partial charge in [0.05, 0.1) is 13.3 Å². The number of carbonyl (C=O) groups excluding carboxylic acids is 1. The fraction of sp³-hybridized carbons (Fsp3) is 0.529. The number of aromatic hydroxyl groups is 1. The summed E-state index contributed by atoms with van der Waals surface area (Å²) >= 11 is 0. The lowest BCUT2D eigenvalue weighted by Gasteiger charge is -2.03. The van der Waals surface area contributed by atoms with E-state index in [0.717, 1.165) is 12.8 Å². The molecule has 2 rings (SSSR count). The van der Waals surface area contributed by atoms with Crippen molar-refractivity contribution in [2.75, 3.05) is 7.11 Å². The maximum absolute atomic E-state index is 11.9. The number of unbranched alkanes of at least 4 members (excludes halogenated alkanes) is 2. The number of rotatable bonds is 8. The van der Waals surface area contributed by atoms with Gasteiger partial charge in [-0.15, -0.1) is 0 Å². The average Bonchev–Trinajstić information content (AvgIpc) is 3.29. The van der Waals surface area contributed by atoms with Crippen molar-refractivity contribution in [1.82, 2.24) is 5.43 Å². The highest BCUT2D eigenvalue weighted by Crippen LogP contribution is 2.42. The lowest BCUT2D eigenvalue weighted by atomic mass is 10.1. The Morgan fingerprint density at radius 3 is 3.05 bits per heavy atom. The number of carbonyl (C=O) groups is 1. The molecule has 0 unspecified atom stereocenters. The molecule has 5 nitrogen and oxygen atoms in total. The normalized spacial score (nSPS) is 20.1. The van der Waals surface area contributed by atoms with Gasteiger partial charge in [-0.1, -0.05) is 26.2 Å². The van der Waals surface area contributed by atoms with Crippen LogP contribution in [-0.2, 0) is 4.79 Å². The smallest absolute Gasteiger partial charge is 0.243 e. The van der Waals surface area contributed by atoms with E-state index in [1.54, 1.807) is 19.2 Å². The molecule has 0 bridgehead atoms. The maximum atomic E-state index is 11.9. The van der Waals surface area contributed by atoms with E-state index in [0.29, 0.717) is 17.2 Å². The second-order valence-electron chi connectivity index (χ2n) is 5.76. The molecule has 120 valence electrons. The minimum Gasteiger partial charge on any atom is -0.507 e. The van der Waals surface area contributed by atoms with E-state index < -0.39 is 0 Å². The number of ether oxygens (including phenoxy) is 1. The highest BCUT2D eigenvalue weighted by atomic mass is 16.5. The van der Waals surface area contributed by atoms with Crippen molar-refractivity contribution in [3.63, 3.8) is 0 Å². The van der Waals surface area contributed by atoms with Gasteiger partial charge in [-0.05, 0) is 37.0 Å². The Bertz CT molecular complexity index is 543. The molecule has 1 aliphatic rings. The van der Waals surface area contributed by atoms with E-state index in [1.165, 1.54) is 31.5 Å². The highest BCUT2D eigenvalue weighted by molar-refractivity contribution is 5.86. The number of hydrogen-bond donors (Lipinski definition) is 2. The number of benzene rings is 1. The van der Waals surface area contributed by atoms with Crippen LogP contribution in [0.4, 0.5) is 0 Å². The second-order valence-corrected chi connectivity index (χ2v) is 5.76. The average molecular weight is 304 g/mol. The van der Waals surface area contributed by atoms with Gasteiger partial charge in [-0.25, -0.2) is 5.43 Å². The van der Waals surface area contributed by atoms with Gasteiger partial charge in [0.2, 0.25) is 5.91 Å². The van der Waals surface area contributed by atoms with Crippen molar-refractivity contribution in [2.45, 2.75) is 39.0 Å². The predicted molar refractivity (Wildman–Crippen MR) is 86.1 cm³/mol. The molecular weight excluding hydrogens is 280 g/mol. The molecule has 0 aromatic heterocycles. The van der Waals surface area contributed by atoms with Crippen LogP contribution in [0.3, 0.4) is 0 Å². The Kier molecular flexibility index (Phi) is 5.81. The van der Waals surface area contributed by atoms with Gasteiger partial charge < -0.3 is 9.84 Å². The molecule has 0 radical (unpaired) electrons. The molecule has 1 fully saturated rings. The predicted octanol–water partition coefficient (Wildman–Crippen LogP) is 3.07. The molecule has 5 heteroatoms. The van der Waals surface area contributed by atoms with Crippen molar-refractivity contribution in [3.05, 3.63) is 23.8 Å². The summed E-state index contributed by atoms with van der Waals surface area (Å²) in [7, 11) is 1.56. The van der Waals surface area contributed by atoms with Gasteiger partial charge in [-0.2, -0.15) is 5.10 Å². The third-order valence-corrected chi connectivity index (χ3v) is 4.05. The minimum atomic E-state index is -0.0277. The van der Waals surface area contributed by atoms with Crippen LogP contribution in [-0.4, -0.2) is 24.3 Å². The van der Waals surface area contributed by atoms with Crippen LogP contribution in [0.15, 0.2) is 23.3 Å². The first-order chi connectivity index (χ1) is 10.7. The summed E-state index contributed by atoms with van der Waals surface area (Å²) in [6.07, 6.45) is 7.17.